The van der Waals surface area contributed by atoms with Crippen LogP contribution in [-0.2, 0) is 10.0 Å². The van der Waals surface area contributed by atoms with E-state index in [1.165, 1.54) is 0 Å². The minimum absolute atomic E-state index is 0.168. The molecule has 0 bridgehead atoms. The maximum Gasteiger partial charge on any atom is 0.262 e. The summed E-state index contributed by atoms with van der Waals surface area (Å²) in [5.74, 6) is 2.86. The van der Waals surface area contributed by atoms with Gasteiger partial charge >= 0.3 is 0 Å². The number of nitrogens with zero attached hydrogens (tertiary/aromatic N) is 1. The molecule has 8 nitrogen and oxygen atoms in total. The molecule has 9 heteroatoms. The Hall–Kier alpha value is -4.50. The Labute approximate surface area is 220 Å². The molecule has 0 radical (unpaired) electrons. The number of hydrogen-bond acceptors (Lipinski definition) is 7. The third kappa shape index (κ3) is 4.64. The summed E-state index contributed by atoms with van der Waals surface area (Å²) >= 11 is 0. The minimum Gasteiger partial charge on any atom is -0.496 e. The van der Waals surface area contributed by atoms with Gasteiger partial charge in [-0.1, -0.05) is 24.3 Å². The van der Waals surface area contributed by atoms with E-state index >= 15 is 0 Å². The number of aromatic nitrogens is 1. The lowest BCUT2D eigenvalue weighted by atomic mass is 10.1. The van der Waals surface area contributed by atoms with E-state index in [9.17, 15) is 8.42 Å². The van der Waals surface area contributed by atoms with Gasteiger partial charge in [0.05, 0.1) is 37.4 Å². The molecule has 0 aliphatic carbocycles. The van der Waals surface area contributed by atoms with Crippen molar-refractivity contribution in [2.24, 2.45) is 0 Å². The minimum atomic E-state index is -3.88. The Morgan fingerprint density at radius 2 is 1.42 bits per heavy atom. The number of rotatable bonds is 8. The number of sulfonamides is 1. The van der Waals surface area contributed by atoms with Gasteiger partial charge in [0.1, 0.15) is 17.2 Å². The fourth-order valence-corrected chi connectivity index (χ4v) is 5.68. The van der Waals surface area contributed by atoms with Crippen LogP contribution in [0.25, 0.3) is 21.7 Å². The van der Waals surface area contributed by atoms with Gasteiger partial charge in [-0.15, -0.1) is 0 Å². The normalized spacial score (nSPS) is 11.4. The second-order valence-electron chi connectivity index (χ2n) is 8.53. The van der Waals surface area contributed by atoms with Crippen molar-refractivity contribution >= 4 is 37.4 Å². The molecule has 1 aromatic heterocycles. The summed E-state index contributed by atoms with van der Waals surface area (Å²) in [6.45, 7) is 1.81. The van der Waals surface area contributed by atoms with Crippen molar-refractivity contribution in [1.29, 1.82) is 0 Å². The van der Waals surface area contributed by atoms with Crippen LogP contribution in [0.15, 0.2) is 83.9 Å². The van der Waals surface area contributed by atoms with E-state index in [1.807, 2.05) is 25.1 Å². The predicted octanol–water partition coefficient (Wildman–Crippen LogP) is 6.32. The van der Waals surface area contributed by atoms with Gasteiger partial charge in [-0.25, -0.2) is 8.42 Å². The summed E-state index contributed by atoms with van der Waals surface area (Å²) in [5.41, 5.74) is 1.83. The zero-order valence-corrected chi connectivity index (χ0v) is 22.1. The van der Waals surface area contributed by atoms with Crippen LogP contribution in [0.2, 0.25) is 0 Å². The highest BCUT2D eigenvalue weighted by Crippen LogP contribution is 2.38. The molecule has 0 saturated heterocycles. The molecule has 194 valence electrons. The number of benzene rings is 4. The Kier molecular flexibility index (Phi) is 6.69. The standard InChI is InChI=1S/C29H26N2O6S/c1-18-15-19(37-26-13-14-30-24-17-28(36-4)27(35-3)16-22(24)26)9-10-23(18)31-38(32,33)29-12-11-25(34-2)20-7-5-6-8-21(20)29/h5-17,31H,1-4H3. The zero-order valence-electron chi connectivity index (χ0n) is 21.3. The van der Waals surface area contributed by atoms with Gasteiger partial charge in [-0.05, 0) is 55.0 Å². The highest BCUT2D eigenvalue weighted by atomic mass is 32.2. The molecule has 0 spiro atoms. The lowest BCUT2D eigenvalue weighted by Crippen LogP contribution is -2.14. The monoisotopic (exact) mass is 530 g/mol. The maximum atomic E-state index is 13.4. The Balaban J connectivity index is 1.45. The second kappa shape index (κ2) is 10.1. The number of aryl methyl sites for hydroxylation is 1. The molecule has 38 heavy (non-hydrogen) atoms. The molecular weight excluding hydrogens is 504 g/mol. The molecule has 0 amide bonds. The van der Waals surface area contributed by atoms with Crippen LogP contribution in [0.3, 0.4) is 0 Å². The first kappa shape index (κ1) is 25.2. The maximum absolute atomic E-state index is 13.4. The fourth-order valence-electron chi connectivity index (χ4n) is 4.33. The molecule has 0 saturated carbocycles. The highest BCUT2D eigenvalue weighted by Gasteiger charge is 2.20. The lowest BCUT2D eigenvalue weighted by molar-refractivity contribution is 0.355. The topological polar surface area (TPSA) is 96.0 Å². The predicted molar refractivity (Wildman–Crippen MR) is 147 cm³/mol. The number of pyridine rings is 1. The van der Waals surface area contributed by atoms with Crippen LogP contribution >= 0.6 is 0 Å². The van der Waals surface area contributed by atoms with Crippen molar-refractivity contribution in [1.82, 2.24) is 4.98 Å². The van der Waals surface area contributed by atoms with Gasteiger partial charge in [-0.3, -0.25) is 9.71 Å². The van der Waals surface area contributed by atoms with Gasteiger partial charge < -0.3 is 18.9 Å². The van der Waals surface area contributed by atoms with E-state index in [1.54, 1.807) is 82.1 Å². The first-order chi connectivity index (χ1) is 18.3. The quantitative estimate of drug-likeness (QED) is 0.251. The number of hydrogen-bond donors (Lipinski definition) is 1. The average Bonchev–Trinajstić information content (AvgIpc) is 2.93. The van der Waals surface area contributed by atoms with Crippen LogP contribution in [0.1, 0.15) is 5.56 Å². The summed E-state index contributed by atoms with van der Waals surface area (Å²) < 4.78 is 51.9. The van der Waals surface area contributed by atoms with E-state index in [4.69, 9.17) is 18.9 Å². The van der Waals surface area contributed by atoms with Crippen molar-refractivity contribution in [3.05, 3.63) is 84.6 Å². The average molecular weight is 531 g/mol. The van der Waals surface area contributed by atoms with E-state index in [0.717, 1.165) is 10.8 Å². The molecule has 5 rings (SSSR count). The third-order valence-electron chi connectivity index (χ3n) is 6.23. The van der Waals surface area contributed by atoms with Crippen molar-refractivity contribution in [3.8, 4) is 28.7 Å². The molecule has 1 N–H and O–H groups in total. The van der Waals surface area contributed by atoms with Gasteiger partial charge in [0.15, 0.2) is 11.5 Å². The van der Waals surface area contributed by atoms with Crippen molar-refractivity contribution in [2.45, 2.75) is 11.8 Å². The Morgan fingerprint density at radius 1 is 0.711 bits per heavy atom. The van der Waals surface area contributed by atoms with Crippen molar-refractivity contribution in [2.75, 3.05) is 26.1 Å². The number of nitrogens with one attached hydrogen (secondary N) is 1. The molecule has 0 aliphatic heterocycles. The van der Waals surface area contributed by atoms with Crippen LogP contribution in [0.5, 0.6) is 28.7 Å². The second-order valence-corrected chi connectivity index (χ2v) is 10.2. The van der Waals surface area contributed by atoms with Crippen LogP contribution < -0.4 is 23.7 Å². The van der Waals surface area contributed by atoms with Crippen LogP contribution in [0, 0.1) is 6.92 Å². The number of ether oxygens (including phenoxy) is 4. The lowest BCUT2D eigenvalue weighted by Gasteiger charge is -2.15. The third-order valence-corrected chi connectivity index (χ3v) is 7.65. The molecule has 0 fully saturated rings. The van der Waals surface area contributed by atoms with Crippen molar-refractivity contribution in [3.63, 3.8) is 0 Å². The van der Waals surface area contributed by atoms with E-state index in [-0.39, 0.29) is 4.90 Å². The molecular formula is C29H26N2O6S. The summed E-state index contributed by atoms with van der Waals surface area (Å²) in [7, 11) is 0.813. The number of anilines is 1. The van der Waals surface area contributed by atoms with Gasteiger partial charge in [0.25, 0.3) is 10.0 Å². The van der Waals surface area contributed by atoms with Gasteiger partial charge in [-0.2, -0.15) is 0 Å². The highest BCUT2D eigenvalue weighted by molar-refractivity contribution is 7.93. The summed E-state index contributed by atoms with van der Waals surface area (Å²) in [6, 6.07) is 21.0. The summed E-state index contributed by atoms with van der Waals surface area (Å²) in [5, 5.41) is 2.05. The van der Waals surface area contributed by atoms with Crippen LogP contribution in [-0.4, -0.2) is 34.7 Å². The van der Waals surface area contributed by atoms with Gasteiger partial charge in [0.2, 0.25) is 0 Å². The number of methoxy groups -OCH3 is 3. The molecule has 5 aromatic rings. The molecule has 4 aromatic carbocycles. The summed E-state index contributed by atoms with van der Waals surface area (Å²) in [4.78, 5) is 4.57. The largest absolute Gasteiger partial charge is 0.496 e. The van der Waals surface area contributed by atoms with Crippen LogP contribution in [0.4, 0.5) is 5.69 Å². The first-order valence-electron chi connectivity index (χ1n) is 11.7. The molecule has 1 heterocycles. The zero-order chi connectivity index (χ0) is 26.9. The van der Waals surface area contributed by atoms with E-state index < -0.39 is 10.0 Å². The molecule has 0 atom stereocenters. The van der Waals surface area contributed by atoms with E-state index in [2.05, 4.69) is 9.71 Å². The smallest absolute Gasteiger partial charge is 0.262 e. The fraction of sp³-hybridized carbons (Fsp3) is 0.138. The summed E-state index contributed by atoms with van der Waals surface area (Å²) in [6.07, 6.45) is 1.65. The molecule has 0 unspecified atom stereocenters. The van der Waals surface area contributed by atoms with Gasteiger partial charge in [0, 0.05) is 28.4 Å². The van der Waals surface area contributed by atoms with E-state index in [0.29, 0.717) is 50.9 Å². The SMILES string of the molecule is COc1cc2nccc(Oc3ccc(NS(=O)(=O)c4ccc(OC)c5ccccc45)c(C)c3)c2cc1OC. The Bertz CT molecular complexity index is 1770. The Morgan fingerprint density at radius 3 is 2.13 bits per heavy atom. The first-order valence-corrected chi connectivity index (χ1v) is 13.2. The number of fused-ring (bicyclic) bond motifs is 2. The van der Waals surface area contributed by atoms with Crippen molar-refractivity contribution < 1.29 is 27.4 Å². The molecule has 0 aliphatic rings.